The molecule has 11 heteroatoms. The predicted octanol–water partition coefficient (Wildman–Crippen LogP) is 6.36. The molecule has 0 spiro atoms. The second-order valence-electron chi connectivity index (χ2n) is 10.8. The van der Waals surface area contributed by atoms with Crippen molar-refractivity contribution in [2.24, 2.45) is 0 Å². The third-order valence-corrected chi connectivity index (χ3v) is 7.11. The summed E-state index contributed by atoms with van der Waals surface area (Å²) in [5, 5.41) is 5.40. The fourth-order valence-corrected chi connectivity index (χ4v) is 4.61. The Kier molecular flexibility index (Phi) is 14.0. The fraction of sp³-hybridized carbons (Fsp3) is 0.263. The Morgan fingerprint density at radius 2 is 1.43 bits per heavy atom. The van der Waals surface area contributed by atoms with Crippen LogP contribution in [-0.4, -0.2) is 50.7 Å². The van der Waals surface area contributed by atoms with E-state index in [1.54, 1.807) is 62.6 Å². The lowest BCUT2D eigenvalue weighted by atomic mass is 10.1. The molecule has 256 valence electrons. The second-order valence-corrected chi connectivity index (χ2v) is 10.8. The first-order valence-corrected chi connectivity index (χ1v) is 15.9. The molecule has 2 amide bonds. The molecule has 0 saturated heterocycles. The van der Waals surface area contributed by atoms with Crippen molar-refractivity contribution in [3.05, 3.63) is 114 Å². The number of ether oxygens (including phenoxy) is 5. The average molecular weight is 669 g/mol. The zero-order valence-electron chi connectivity index (χ0n) is 27.6. The highest BCUT2D eigenvalue weighted by atomic mass is 16.6. The van der Waals surface area contributed by atoms with Crippen LogP contribution in [-0.2, 0) is 36.9 Å². The van der Waals surface area contributed by atoms with Gasteiger partial charge in [-0.3, -0.25) is 14.4 Å². The summed E-state index contributed by atoms with van der Waals surface area (Å²) in [4.78, 5) is 50.0. The van der Waals surface area contributed by atoms with Crippen molar-refractivity contribution < 1.29 is 42.9 Å². The summed E-state index contributed by atoms with van der Waals surface area (Å²) in [7, 11) is 1.55. The van der Waals surface area contributed by atoms with E-state index in [0.717, 1.165) is 24.8 Å². The van der Waals surface area contributed by atoms with Gasteiger partial charge in [-0.25, -0.2) is 4.79 Å². The lowest BCUT2D eigenvalue weighted by molar-refractivity contribution is -0.147. The lowest BCUT2D eigenvalue weighted by Gasteiger charge is -2.15. The van der Waals surface area contributed by atoms with Crippen molar-refractivity contribution in [1.82, 2.24) is 0 Å². The van der Waals surface area contributed by atoms with Crippen molar-refractivity contribution in [2.75, 3.05) is 37.6 Å². The minimum Gasteiger partial charge on any atom is -0.497 e. The van der Waals surface area contributed by atoms with Gasteiger partial charge in [0, 0.05) is 11.3 Å². The maximum Gasteiger partial charge on any atom is 0.344 e. The summed E-state index contributed by atoms with van der Waals surface area (Å²) in [5.74, 6) is -0.882. The number of methoxy groups -OCH3 is 1. The van der Waals surface area contributed by atoms with E-state index in [4.69, 9.17) is 23.7 Å². The number of esters is 2. The van der Waals surface area contributed by atoms with E-state index in [1.807, 2.05) is 18.2 Å². The van der Waals surface area contributed by atoms with Gasteiger partial charge in [-0.15, -0.1) is 0 Å². The van der Waals surface area contributed by atoms with Crippen LogP contribution in [0.15, 0.2) is 97.1 Å². The monoisotopic (exact) mass is 668 g/mol. The molecule has 0 bridgehead atoms. The molecule has 0 aromatic heterocycles. The number of unbranched alkanes of at least 4 members (excludes halogenated alkanes) is 1. The van der Waals surface area contributed by atoms with E-state index in [0.29, 0.717) is 23.7 Å². The van der Waals surface area contributed by atoms with Crippen LogP contribution in [0.2, 0.25) is 0 Å². The number of amides is 2. The summed E-state index contributed by atoms with van der Waals surface area (Å²) in [6, 6.07) is 28.4. The zero-order chi connectivity index (χ0) is 34.8. The molecule has 0 fully saturated rings. The van der Waals surface area contributed by atoms with E-state index in [2.05, 4.69) is 22.8 Å². The first-order chi connectivity index (χ1) is 23.8. The van der Waals surface area contributed by atoms with E-state index in [-0.39, 0.29) is 36.9 Å². The Bertz CT molecular complexity index is 1670. The quantitative estimate of drug-likeness (QED) is 0.0704. The van der Waals surface area contributed by atoms with E-state index < -0.39 is 30.2 Å². The normalized spacial score (nSPS) is 10.4. The molecule has 2 N–H and O–H groups in total. The van der Waals surface area contributed by atoms with Gasteiger partial charge >= 0.3 is 11.9 Å². The molecule has 0 atom stereocenters. The molecule has 0 radical (unpaired) electrons. The van der Waals surface area contributed by atoms with Crippen molar-refractivity contribution >= 4 is 35.1 Å². The molecule has 0 saturated carbocycles. The second kappa shape index (κ2) is 19.1. The van der Waals surface area contributed by atoms with Crippen molar-refractivity contribution in [2.45, 2.75) is 39.2 Å². The number of carbonyl (C=O) groups is 4. The molecule has 4 rings (SSSR count). The topological polar surface area (TPSA) is 138 Å². The average Bonchev–Trinajstić information content (AvgIpc) is 3.11. The molecule has 0 aliphatic rings. The van der Waals surface area contributed by atoms with Crippen molar-refractivity contribution in [3.8, 4) is 17.2 Å². The summed E-state index contributed by atoms with van der Waals surface area (Å²) >= 11 is 0. The highest BCUT2D eigenvalue weighted by Gasteiger charge is 2.16. The smallest absolute Gasteiger partial charge is 0.344 e. The minimum atomic E-state index is -0.712. The van der Waals surface area contributed by atoms with Gasteiger partial charge in [-0.1, -0.05) is 42.5 Å². The summed E-state index contributed by atoms with van der Waals surface area (Å²) in [6.45, 7) is 2.03. The van der Waals surface area contributed by atoms with Gasteiger partial charge in [-0.2, -0.15) is 0 Å². The van der Waals surface area contributed by atoms with Crippen molar-refractivity contribution in [1.29, 1.82) is 0 Å². The molecule has 0 aliphatic heterocycles. The van der Waals surface area contributed by atoms with Crippen LogP contribution < -0.4 is 24.8 Å². The highest BCUT2D eigenvalue weighted by Crippen LogP contribution is 2.29. The standard InChI is InChI=1S/C38H40N2O9/c1-3-46-37(43)26-48-34-21-16-30(39-35(41)24-36(42)49-25-28-12-17-31(45-2)18-13-28)23-33(34)40-38(44)29-14-19-32(20-15-29)47-22-8-7-11-27-9-5-4-6-10-27/h4-6,9-10,12-21,23H,3,7-8,11,22,24-26H2,1-2H3,(H,39,41)(H,40,44). The molecule has 0 unspecified atom stereocenters. The number of nitrogens with one attached hydrogen (secondary N) is 2. The maximum absolute atomic E-state index is 13.2. The first kappa shape index (κ1) is 36.0. The third kappa shape index (κ3) is 12.4. The van der Waals surface area contributed by atoms with Crippen LogP contribution in [0.5, 0.6) is 17.2 Å². The first-order valence-electron chi connectivity index (χ1n) is 15.9. The molecule has 0 heterocycles. The Labute approximate surface area is 285 Å². The van der Waals surface area contributed by atoms with Crippen LogP contribution in [0, 0.1) is 0 Å². The van der Waals surface area contributed by atoms with Gasteiger partial charge in [0.1, 0.15) is 30.3 Å². The molecule has 4 aromatic carbocycles. The third-order valence-electron chi connectivity index (χ3n) is 7.11. The summed E-state index contributed by atoms with van der Waals surface area (Å²) in [5.41, 5.74) is 2.85. The molecule has 11 nitrogen and oxygen atoms in total. The Morgan fingerprint density at radius 3 is 2.14 bits per heavy atom. The number of hydrogen-bond donors (Lipinski definition) is 2. The summed E-state index contributed by atoms with van der Waals surface area (Å²) in [6.07, 6.45) is 2.35. The van der Waals surface area contributed by atoms with E-state index >= 15 is 0 Å². The number of aryl methyl sites for hydroxylation is 1. The number of hydrogen-bond acceptors (Lipinski definition) is 9. The number of rotatable bonds is 18. The molecule has 4 aromatic rings. The van der Waals surface area contributed by atoms with E-state index in [9.17, 15) is 19.2 Å². The van der Waals surface area contributed by atoms with Gasteiger partial charge < -0.3 is 34.3 Å². The number of benzene rings is 4. The highest BCUT2D eigenvalue weighted by molar-refractivity contribution is 6.06. The van der Waals surface area contributed by atoms with Crippen LogP contribution >= 0.6 is 0 Å². The van der Waals surface area contributed by atoms with Gasteiger partial charge in [0.25, 0.3) is 5.91 Å². The Balaban J connectivity index is 1.32. The lowest BCUT2D eigenvalue weighted by Crippen LogP contribution is -2.19. The van der Waals surface area contributed by atoms with Crippen LogP contribution in [0.4, 0.5) is 11.4 Å². The van der Waals surface area contributed by atoms with Gasteiger partial charge in [-0.05, 0) is 91.9 Å². The fourth-order valence-electron chi connectivity index (χ4n) is 4.61. The SMILES string of the molecule is CCOC(=O)COc1ccc(NC(=O)CC(=O)OCc2ccc(OC)cc2)cc1NC(=O)c1ccc(OCCCCc2ccccc2)cc1. The maximum atomic E-state index is 13.2. The summed E-state index contributed by atoms with van der Waals surface area (Å²) < 4.78 is 26.7. The molecular formula is C38H40N2O9. The van der Waals surface area contributed by atoms with Gasteiger partial charge in [0.05, 0.1) is 26.0 Å². The Morgan fingerprint density at radius 1 is 0.694 bits per heavy atom. The van der Waals surface area contributed by atoms with Gasteiger partial charge in [0.2, 0.25) is 5.91 Å². The van der Waals surface area contributed by atoms with Crippen molar-refractivity contribution in [3.63, 3.8) is 0 Å². The van der Waals surface area contributed by atoms with Gasteiger partial charge in [0.15, 0.2) is 6.61 Å². The van der Waals surface area contributed by atoms with Crippen LogP contribution in [0.3, 0.4) is 0 Å². The number of anilines is 2. The van der Waals surface area contributed by atoms with Crippen LogP contribution in [0.25, 0.3) is 0 Å². The minimum absolute atomic E-state index is 0.000644. The molecular weight excluding hydrogens is 628 g/mol. The predicted molar refractivity (Wildman–Crippen MR) is 184 cm³/mol. The Hall–Kier alpha value is -5.84. The van der Waals surface area contributed by atoms with Crippen LogP contribution in [0.1, 0.15) is 47.7 Å². The number of carbonyl (C=O) groups excluding carboxylic acids is 4. The molecule has 0 aliphatic carbocycles. The zero-order valence-corrected chi connectivity index (χ0v) is 27.6. The molecule has 49 heavy (non-hydrogen) atoms. The van der Waals surface area contributed by atoms with E-state index in [1.165, 1.54) is 23.8 Å². The largest absolute Gasteiger partial charge is 0.497 e.